The molecule has 1 aliphatic rings. The van der Waals surface area contributed by atoms with Gasteiger partial charge in [0.1, 0.15) is 24.3 Å². The number of nitrogens with two attached hydrogens (primary N) is 1. The second-order valence-corrected chi connectivity index (χ2v) is 18.8. The molecule has 0 saturated carbocycles. The zero-order valence-corrected chi connectivity index (χ0v) is 37.7. The Kier molecular flexibility index (Phi) is 16.8. The Hall–Kier alpha value is -5.09. The molecule has 5 atom stereocenters. The van der Waals surface area contributed by atoms with Gasteiger partial charge in [0.05, 0.1) is 34.3 Å². The van der Waals surface area contributed by atoms with E-state index < -0.39 is 64.9 Å². The Balaban J connectivity index is 1.33. The van der Waals surface area contributed by atoms with Crippen LogP contribution in [0.5, 0.6) is 5.75 Å². The highest BCUT2D eigenvalue weighted by Crippen LogP contribution is 2.30. The lowest BCUT2D eigenvalue weighted by Crippen LogP contribution is -2.57. The number of halogens is 1. The number of amides is 5. The van der Waals surface area contributed by atoms with Gasteiger partial charge < -0.3 is 41.2 Å². The molecule has 5 amide bonds. The van der Waals surface area contributed by atoms with Crippen LogP contribution in [0.25, 0.3) is 10.4 Å². The number of likely N-dealkylation sites (tertiary alicyclic amines) is 1. The van der Waals surface area contributed by atoms with Crippen LogP contribution < -0.4 is 26.4 Å². The fraction of sp³-hybridized carbons (Fsp3) is 0.556. The van der Waals surface area contributed by atoms with Crippen molar-refractivity contribution in [2.75, 3.05) is 13.2 Å². The summed E-state index contributed by atoms with van der Waals surface area (Å²) in [5.74, 6) is -2.36. The van der Waals surface area contributed by atoms with Crippen LogP contribution in [0, 0.1) is 25.1 Å². The van der Waals surface area contributed by atoms with Crippen LogP contribution in [0.2, 0.25) is 0 Å². The Bertz CT molecular complexity index is 2010. The number of ether oxygens (including phenoxy) is 2. The first-order valence-electron chi connectivity index (χ1n) is 20.8. The highest BCUT2D eigenvalue weighted by Gasteiger charge is 2.44. The molecule has 1 saturated heterocycles. The highest BCUT2D eigenvalue weighted by atomic mass is 32.1. The number of carbonyl (C=O) groups excluding carboxylic acids is 5. The lowest BCUT2D eigenvalue weighted by Gasteiger charge is -2.35. The zero-order chi connectivity index (χ0) is 45.2. The van der Waals surface area contributed by atoms with E-state index in [0.29, 0.717) is 24.8 Å². The molecule has 6 N–H and O–H groups in total. The van der Waals surface area contributed by atoms with E-state index in [1.54, 1.807) is 56.7 Å². The molecule has 334 valence electrons. The molecule has 3 aromatic rings. The summed E-state index contributed by atoms with van der Waals surface area (Å²) < 4.78 is 26.8. The molecule has 0 spiro atoms. The van der Waals surface area contributed by atoms with Gasteiger partial charge in [-0.25, -0.2) is 14.2 Å². The van der Waals surface area contributed by atoms with Crippen LogP contribution in [0.1, 0.15) is 115 Å². The molecule has 0 aliphatic carbocycles. The van der Waals surface area contributed by atoms with Crippen LogP contribution in [0.3, 0.4) is 0 Å². The summed E-state index contributed by atoms with van der Waals surface area (Å²) in [6.07, 6.45) is -0.173. The van der Waals surface area contributed by atoms with Crippen molar-refractivity contribution in [3.8, 4) is 16.2 Å². The third kappa shape index (κ3) is 14.5. The number of aliphatic hydroxyl groups is 1. The van der Waals surface area contributed by atoms with Gasteiger partial charge in [-0.1, -0.05) is 51.1 Å². The number of nitrogens with zero attached hydrogens (tertiary/aromatic N) is 2. The largest absolute Gasteiger partial charge is 0.488 e. The summed E-state index contributed by atoms with van der Waals surface area (Å²) in [6.45, 7) is 16.1. The van der Waals surface area contributed by atoms with Gasteiger partial charge >= 0.3 is 6.09 Å². The molecule has 14 nitrogen and oxygen atoms in total. The van der Waals surface area contributed by atoms with Gasteiger partial charge in [-0.15, -0.1) is 11.3 Å². The number of aliphatic hydroxyl groups excluding tert-OH is 1. The van der Waals surface area contributed by atoms with Crippen LogP contribution >= 0.6 is 11.3 Å². The standard InChI is InChI=1S/C45H63FN6O8S/c1-26-20-31(38(46)35(21-26)59-24-32(18-19-36(47)54)50-43(58)60-45(7,8)9)12-10-11-13-37(55)51-40(44(4,5)6)42(57)52-23-33(53)22-34(52)41(56)49-27(2)29-14-16-30(17-15-29)39-28(3)48-25-61-39/h14-17,20-21,25,27,32-34,40,53H,10-13,18-19,22-24H2,1-9H3,(H2,47,54)(H,49,56)(H,50,58)(H,51,55)/t27-,32-,33+,34-,40+/m0/s1. The number of carbonyl (C=O) groups is 5. The fourth-order valence-electron chi connectivity index (χ4n) is 7.12. The van der Waals surface area contributed by atoms with Crippen molar-refractivity contribution in [1.29, 1.82) is 0 Å². The maximum Gasteiger partial charge on any atom is 0.407 e. The molecule has 1 fully saturated rings. The number of alkyl carbamates (subject to hydrolysis) is 1. The van der Waals surface area contributed by atoms with Gasteiger partial charge in [-0.2, -0.15) is 0 Å². The summed E-state index contributed by atoms with van der Waals surface area (Å²) in [6, 6.07) is 8.17. The molecule has 1 aromatic heterocycles. The first-order chi connectivity index (χ1) is 28.5. The van der Waals surface area contributed by atoms with Crippen LogP contribution in [0.15, 0.2) is 41.9 Å². The lowest BCUT2D eigenvalue weighted by atomic mass is 9.85. The Morgan fingerprint density at radius 3 is 2.30 bits per heavy atom. The highest BCUT2D eigenvalue weighted by molar-refractivity contribution is 7.13. The van der Waals surface area contributed by atoms with Crippen molar-refractivity contribution in [2.45, 2.75) is 143 Å². The van der Waals surface area contributed by atoms with Gasteiger partial charge in [0.25, 0.3) is 0 Å². The number of β-amino-alcohol motifs (C(OH)–C–C–N with tert-alkyl or cyclic N) is 1. The lowest BCUT2D eigenvalue weighted by molar-refractivity contribution is -0.144. The van der Waals surface area contributed by atoms with Gasteiger partial charge in [0.15, 0.2) is 11.6 Å². The summed E-state index contributed by atoms with van der Waals surface area (Å²) in [5, 5.41) is 19.2. The predicted molar refractivity (Wildman–Crippen MR) is 232 cm³/mol. The van der Waals surface area contributed by atoms with Gasteiger partial charge in [0, 0.05) is 25.8 Å². The molecule has 0 bridgehead atoms. The van der Waals surface area contributed by atoms with E-state index in [2.05, 4.69) is 20.9 Å². The number of rotatable bonds is 18. The van der Waals surface area contributed by atoms with Crippen LogP contribution in [0.4, 0.5) is 9.18 Å². The van der Waals surface area contributed by atoms with Crippen molar-refractivity contribution in [3.63, 3.8) is 0 Å². The topological polar surface area (TPSA) is 202 Å². The second kappa shape index (κ2) is 21.1. The van der Waals surface area contributed by atoms with Gasteiger partial charge in [-0.3, -0.25) is 19.2 Å². The molecule has 16 heteroatoms. The van der Waals surface area contributed by atoms with E-state index in [0.717, 1.165) is 27.3 Å². The predicted octanol–water partition coefficient (Wildman–Crippen LogP) is 6.19. The van der Waals surface area contributed by atoms with Crippen LogP contribution in [-0.2, 0) is 30.3 Å². The van der Waals surface area contributed by atoms with Crippen molar-refractivity contribution in [1.82, 2.24) is 25.8 Å². The smallest absolute Gasteiger partial charge is 0.407 e. The second-order valence-electron chi connectivity index (χ2n) is 18.0. The van der Waals surface area contributed by atoms with Crippen molar-refractivity contribution >= 4 is 41.1 Å². The summed E-state index contributed by atoms with van der Waals surface area (Å²) in [7, 11) is 0. The normalized spacial score (nSPS) is 16.9. The first-order valence-corrected chi connectivity index (χ1v) is 21.7. The Morgan fingerprint density at radius 1 is 1.00 bits per heavy atom. The number of hydrogen-bond acceptors (Lipinski definition) is 10. The van der Waals surface area contributed by atoms with Crippen LogP contribution in [-0.4, -0.2) is 87.7 Å². The number of nitrogens with one attached hydrogen (secondary N) is 3. The third-order valence-electron chi connectivity index (χ3n) is 10.3. The first kappa shape index (κ1) is 48.6. The Morgan fingerprint density at radius 2 is 1.69 bits per heavy atom. The number of primary amides is 1. The average Bonchev–Trinajstić information content (AvgIpc) is 3.78. The van der Waals surface area contributed by atoms with E-state index in [1.165, 1.54) is 4.90 Å². The number of benzene rings is 2. The number of aromatic nitrogens is 1. The quantitative estimate of drug-likeness (QED) is 0.0925. The molecule has 0 unspecified atom stereocenters. The van der Waals surface area contributed by atoms with E-state index in [9.17, 15) is 29.1 Å². The van der Waals surface area contributed by atoms with E-state index in [-0.39, 0.29) is 56.5 Å². The number of thiazole rings is 1. The number of hydrogen-bond donors (Lipinski definition) is 5. The summed E-state index contributed by atoms with van der Waals surface area (Å²) in [5.41, 5.74) is 9.64. The van der Waals surface area contributed by atoms with Crippen molar-refractivity contribution < 1.29 is 42.9 Å². The molecular formula is C45H63FN6O8S. The van der Waals surface area contributed by atoms with E-state index in [4.69, 9.17) is 15.2 Å². The minimum Gasteiger partial charge on any atom is -0.488 e. The maximum absolute atomic E-state index is 15.7. The van der Waals surface area contributed by atoms with Crippen molar-refractivity contribution in [2.24, 2.45) is 11.1 Å². The summed E-state index contributed by atoms with van der Waals surface area (Å²) >= 11 is 1.56. The minimum atomic E-state index is -0.980. The fourth-order valence-corrected chi connectivity index (χ4v) is 7.93. The van der Waals surface area contributed by atoms with E-state index >= 15 is 4.39 Å². The van der Waals surface area contributed by atoms with Crippen molar-refractivity contribution in [3.05, 3.63) is 70.1 Å². The number of unbranched alkanes of at least 4 members (excludes halogenated alkanes) is 1. The molecule has 0 radical (unpaired) electrons. The molecule has 4 rings (SSSR count). The van der Waals surface area contributed by atoms with E-state index in [1.807, 2.05) is 58.9 Å². The average molecular weight is 867 g/mol. The Labute approximate surface area is 362 Å². The van der Waals surface area contributed by atoms with Gasteiger partial charge in [0.2, 0.25) is 23.6 Å². The minimum absolute atomic E-state index is 0.0145. The third-order valence-corrected chi connectivity index (χ3v) is 11.3. The zero-order valence-electron chi connectivity index (χ0n) is 36.9. The SMILES string of the molecule is Cc1cc(CCCCC(=O)N[C@H](C(=O)N2C[C@H](O)C[C@H]2C(=O)N[C@@H](C)c2ccc(-c3scnc3C)cc2)C(C)(C)C)c(F)c(OC[C@H](CCC(N)=O)NC(=O)OC(C)(C)C)c1. The summed E-state index contributed by atoms with van der Waals surface area (Å²) in [4.78, 5) is 71.7. The molecule has 61 heavy (non-hydrogen) atoms. The number of aryl methyl sites for hydroxylation is 3. The molecular weight excluding hydrogens is 804 g/mol. The maximum atomic E-state index is 15.7. The molecule has 2 heterocycles. The van der Waals surface area contributed by atoms with Gasteiger partial charge in [-0.05, 0) is 101 Å². The molecule has 2 aromatic carbocycles. The molecule has 1 aliphatic heterocycles. The monoisotopic (exact) mass is 866 g/mol.